The molecule has 0 aliphatic heterocycles. The van der Waals surface area contributed by atoms with Gasteiger partial charge in [-0.1, -0.05) is 36.9 Å². The second kappa shape index (κ2) is 7.91. The zero-order valence-electron chi connectivity index (χ0n) is 15.2. The number of rotatable bonds is 5. The summed E-state index contributed by atoms with van der Waals surface area (Å²) in [5, 5.41) is 3.94. The van der Waals surface area contributed by atoms with Crippen LogP contribution in [0.3, 0.4) is 0 Å². The monoisotopic (exact) mass is 321 g/mol. The van der Waals surface area contributed by atoms with Gasteiger partial charge in [0, 0.05) is 25.8 Å². The first-order valence-electron chi connectivity index (χ1n) is 7.40. The first-order chi connectivity index (χ1) is 10.2. The quantitative estimate of drug-likeness (QED) is 0.788. The molecule has 0 atom stereocenters. The normalized spacial score (nSPS) is 11.8. The van der Waals surface area contributed by atoms with Crippen molar-refractivity contribution in [3.63, 3.8) is 0 Å². The van der Waals surface area contributed by atoms with E-state index >= 15 is 0 Å². The standard InChI is InChI=1S/C17H24N3OSi.Li/c1-13-11-16(21-18-13)12-17(19-22(4,5)6)14-7-9-15(10-8-14)20(2)3;/h7-12H,1-6H3;/q-1;+1/b17-12+;. The molecule has 0 amide bonds. The summed E-state index contributed by atoms with van der Waals surface area (Å²) in [7, 11) is 2.47. The molecule has 0 saturated heterocycles. The Labute approximate surface area is 152 Å². The van der Waals surface area contributed by atoms with Crippen molar-refractivity contribution in [2.24, 2.45) is 0 Å². The Morgan fingerprint density at radius 3 is 2.22 bits per heavy atom. The molecule has 0 radical (unpaired) electrons. The van der Waals surface area contributed by atoms with E-state index in [1.165, 1.54) is 5.69 Å². The van der Waals surface area contributed by atoms with Gasteiger partial charge in [-0.15, -0.1) is 5.70 Å². The summed E-state index contributed by atoms with van der Waals surface area (Å²) >= 11 is 0. The van der Waals surface area contributed by atoms with Gasteiger partial charge in [0.15, 0.2) is 5.76 Å². The molecule has 0 unspecified atom stereocenters. The van der Waals surface area contributed by atoms with Crippen LogP contribution in [0.15, 0.2) is 34.9 Å². The number of aromatic nitrogens is 1. The summed E-state index contributed by atoms with van der Waals surface area (Å²) in [5.74, 6) is 0.742. The topological polar surface area (TPSA) is 43.4 Å². The smallest absolute Gasteiger partial charge is 0.687 e. The minimum atomic E-state index is -1.60. The van der Waals surface area contributed by atoms with Crippen molar-refractivity contribution < 1.29 is 23.4 Å². The van der Waals surface area contributed by atoms with Crippen LogP contribution in [0.1, 0.15) is 17.0 Å². The van der Waals surface area contributed by atoms with E-state index in [4.69, 9.17) is 9.51 Å². The van der Waals surface area contributed by atoms with Gasteiger partial charge in [-0.05, 0) is 38.9 Å². The largest absolute Gasteiger partial charge is 1.00 e. The predicted molar refractivity (Wildman–Crippen MR) is 96.6 cm³/mol. The molecular weight excluding hydrogens is 297 g/mol. The Balaban J connectivity index is 0.00000264. The van der Waals surface area contributed by atoms with E-state index in [2.05, 4.69) is 54.0 Å². The van der Waals surface area contributed by atoms with Crippen molar-refractivity contribution in [1.82, 2.24) is 5.16 Å². The van der Waals surface area contributed by atoms with Crippen molar-refractivity contribution in [2.45, 2.75) is 26.6 Å². The van der Waals surface area contributed by atoms with Gasteiger partial charge in [0.25, 0.3) is 0 Å². The first-order valence-corrected chi connectivity index (χ1v) is 10.8. The maximum absolute atomic E-state index is 5.31. The molecule has 0 fully saturated rings. The van der Waals surface area contributed by atoms with Crippen LogP contribution in [-0.4, -0.2) is 27.5 Å². The van der Waals surface area contributed by atoms with E-state index in [9.17, 15) is 0 Å². The van der Waals surface area contributed by atoms with Crippen molar-refractivity contribution in [2.75, 3.05) is 19.0 Å². The van der Waals surface area contributed by atoms with Crippen LogP contribution < -0.4 is 23.8 Å². The summed E-state index contributed by atoms with van der Waals surface area (Å²) in [6.45, 7) is 8.59. The molecule has 1 heterocycles. The SMILES string of the molecule is Cc1cc(/C=C(/[N-][Si](C)(C)C)c2ccc(N(C)C)cc2)on1.[Li+]. The van der Waals surface area contributed by atoms with Gasteiger partial charge < -0.3 is 14.4 Å². The molecule has 23 heavy (non-hydrogen) atoms. The van der Waals surface area contributed by atoms with Crippen molar-refractivity contribution in [1.29, 1.82) is 0 Å². The van der Waals surface area contributed by atoms with E-state index in [1.54, 1.807) is 0 Å². The Morgan fingerprint density at radius 1 is 1.17 bits per heavy atom. The summed E-state index contributed by atoms with van der Waals surface area (Å²) in [6.07, 6.45) is 1.98. The van der Waals surface area contributed by atoms with Crippen molar-refractivity contribution in [3.8, 4) is 0 Å². The van der Waals surface area contributed by atoms with Gasteiger partial charge in [-0.3, -0.25) is 0 Å². The summed E-state index contributed by atoms with van der Waals surface area (Å²) in [6, 6.07) is 10.3. The number of aryl methyl sites for hydroxylation is 1. The second-order valence-corrected chi connectivity index (χ2v) is 11.2. The maximum Gasteiger partial charge on any atom is 1.00 e. The molecule has 4 nitrogen and oxygen atoms in total. The number of benzene rings is 1. The maximum atomic E-state index is 5.31. The number of hydrogen-bond donors (Lipinski definition) is 0. The van der Waals surface area contributed by atoms with Crippen LogP contribution in [0.2, 0.25) is 19.6 Å². The van der Waals surface area contributed by atoms with Crippen LogP contribution in [0.4, 0.5) is 5.69 Å². The van der Waals surface area contributed by atoms with Crippen LogP contribution in [0, 0.1) is 6.92 Å². The number of hydrogen-bond acceptors (Lipinski definition) is 3. The summed E-state index contributed by atoms with van der Waals surface area (Å²) < 4.78 is 5.31. The number of anilines is 1. The molecular formula is C17H24LiN3OSi. The molecule has 6 heteroatoms. The number of nitrogens with zero attached hydrogens (tertiary/aromatic N) is 3. The predicted octanol–water partition coefficient (Wildman–Crippen LogP) is 1.76. The molecule has 1 aromatic heterocycles. The fourth-order valence-electron chi connectivity index (χ4n) is 2.06. The molecule has 1 aromatic carbocycles. The summed E-state index contributed by atoms with van der Waals surface area (Å²) in [4.78, 5) is 7.04. The Hall–Kier alpha value is -1.42. The second-order valence-electron chi connectivity index (χ2n) is 6.62. The average molecular weight is 321 g/mol. The molecule has 0 aliphatic rings. The van der Waals surface area contributed by atoms with E-state index in [-0.39, 0.29) is 18.9 Å². The fraction of sp³-hybridized carbons (Fsp3) is 0.353. The average Bonchev–Trinajstić information content (AvgIpc) is 2.82. The molecule has 0 saturated carbocycles. The Kier molecular flexibility index (Phi) is 6.75. The van der Waals surface area contributed by atoms with Gasteiger partial charge >= 0.3 is 18.9 Å². The van der Waals surface area contributed by atoms with Crippen LogP contribution in [-0.2, 0) is 0 Å². The van der Waals surface area contributed by atoms with Gasteiger partial charge in [0.1, 0.15) is 0 Å². The van der Waals surface area contributed by atoms with Crippen molar-refractivity contribution in [3.05, 3.63) is 52.3 Å². The minimum Gasteiger partial charge on any atom is -0.687 e. The third-order valence-electron chi connectivity index (χ3n) is 3.06. The zero-order valence-corrected chi connectivity index (χ0v) is 16.2. The van der Waals surface area contributed by atoms with Crippen LogP contribution in [0.5, 0.6) is 0 Å². The molecule has 0 aliphatic carbocycles. The first kappa shape index (κ1) is 19.6. The van der Waals surface area contributed by atoms with Crippen LogP contribution >= 0.6 is 0 Å². The van der Waals surface area contributed by atoms with E-state index in [0.29, 0.717) is 0 Å². The van der Waals surface area contributed by atoms with Crippen LogP contribution in [0.25, 0.3) is 16.8 Å². The van der Waals surface area contributed by atoms with Gasteiger partial charge in [-0.2, -0.15) is 0 Å². The van der Waals surface area contributed by atoms with E-state index < -0.39 is 8.24 Å². The zero-order chi connectivity index (χ0) is 16.3. The van der Waals surface area contributed by atoms with E-state index in [0.717, 1.165) is 22.7 Å². The molecule has 2 rings (SSSR count). The molecule has 0 spiro atoms. The Morgan fingerprint density at radius 2 is 1.78 bits per heavy atom. The molecule has 118 valence electrons. The van der Waals surface area contributed by atoms with E-state index in [1.807, 2.05) is 33.2 Å². The van der Waals surface area contributed by atoms with Gasteiger partial charge in [-0.25, -0.2) is 0 Å². The molecule has 2 aromatic rings. The molecule has 0 N–H and O–H groups in total. The third-order valence-corrected chi connectivity index (χ3v) is 3.97. The Bertz CT molecular complexity index is 657. The fourth-order valence-corrected chi connectivity index (χ4v) is 2.97. The summed E-state index contributed by atoms with van der Waals surface area (Å²) in [5.41, 5.74) is 4.11. The molecule has 0 bridgehead atoms. The third kappa shape index (κ3) is 5.94. The minimum absolute atomic E-state index is 0. The van der Waals surface area contributed by atoms with Gasteiger partial charge in [0.05, 0.1) is 5.69 Å². The van der Waals surface area contributed by atoms with Crippen molar-refractivity contribution >= 4 is 25.7 Å². The van der Waals surface area contributed by atoms with Gasteiger partial charge in [0.2, 0.25) is 0 Å².